The lowest BCUT2D eigenvalue weighted by Gasteiger charge is -2.13. The molecule has 0 spiro atoms. The second kappa shape index (κ2) is 7.59. The van der Waals surface area contributed by atoms with Crippen molar-refractivity contribution >= 4 is 28.5 Å². The number of carbonyl (C=O) groups excluding carboxylic acids is 1. The summed E-state index contributed by atoms with van der Waals surface area (Å²) in [6.07, 6.45) is 3.59. The fraction of sp³-hybridized carbons (Fsp3) is 0.900. The van der Waals surface area contributed by atoms with Crippen molar-refractivity contribution < 1.29 is 4.79 Å². The molecule has 2 atom stereocenters. The molecule has 0 aliphatic heterocycles. The summed E-state index contributed by atoms with van der Waals surface area (Å²) >= 11 is 2.47. The maximum Gasteiger partial charge on any atom is 0.216 e. The molecule has 0 bridgehead atoms. The van der Waals surface area contributed by atoms with Crippen LogP contribution < -0.4 is 5.32 Å². The van der Waals surface area contributed by atoms with E-state index in [-0.39, 0.29) is 5.91 Å². The molecule has 0 heterocycles. The number of unbranched alkanes of at least 4 members (excludes halogenated alkanes) is 1. The largest absolute Gasteiger partial charge is 0.356 e. The quantitative estimate of drug-likeness (QED) is 0.456. The van der Waals surface area contributed by atoms with Crippen molar-refractivity contribution in [1.29, 1.82) is 0 Å². The lowest BCUT2D eigenvalue weighted by Crippen LogP contribution is -2.21. The average Bonchev–Trinajstić information content (AvgIpc) is 2.02. The molecule has 0 rings (SSSR count). The molecule has 0 aromatic carbocycles. The van der Waals surface area contributed by atoms with Gasteiger partial charge in [-0.3, -0.25) is 4.79 Å². The summed E-state index contributed by atoms with van der Waals surface area (Å²) < 4.78 is 0.748. The van der Waals surface area contributed by atoms with Crippen molar-refractivity contribution in [3.63, 3.8) is 0 Å². The van der Waals surface area contributed by atoms with Crippen LogP contribution in [-0.2, 0) is 4.79 Å². The van der Waals surface area contributed by atoms with Crippen LogP contribution in [0.3, 0.4) is 0 Å². The predicted octanol–water partition coefficient (Wildman–Crippen LogP) is 2.75. The number of hydrogen-bond acceptors (Lipinski definition) is 1. The van der Waals surface area contributed by atoms with E-state index in [1.54, 1.807) is 6.92 Å². The Labute approximate surface area is 95.0 Å². The van der Waals surface area contributed by atoms with Crippen LogP contribution in [0.4, 0.5) is 0 Å². The number of halogens is 1. The molecule has 78 valence electrons. The highest BCUT2D eigenvalue weighted by Crippen LogP contribution is 2.18. The van der Waals surface area contributed by atoms with Crippen LogP contribution in [0.2, 0.25) is 0 Å². The van der Waals surface area contributed by atoms with Crippen molar-refractivity contribution in [3.05, 3.63) is 0 Å². The minimum Gasteiger partial charge on any atom is -0.356 e. The number of rotatable bonds is 6. The van der Waals surface area contributed by atoms with Gasteiger partial charge >= 0.3 is 0 Å². The Balaban J connectivity index is 3.21. The van der Waals surface area contributed by atoms with E-state index in [4.69, 9.17) is 0 Å². The van der Waals surface area contributed by atoms with E-state index in [9.17, 15) is 4.79 Å². The van der Waals surface area contributed by atoms with Gasteiger partial charge in [-0.1, -0.05) is 42.9 Å². The SMILES string of the molecule is CC(=O)NCCCC[C@H](C)C(C)I. The van der Waals surface area contributed by atoms with Gasteiger partial charge in [-0.25, -0.2) is 0 Å². The molecule has 0 saturated carbocycles. The summed E-state index contributed by atoms with van der Waals surface area (Å²) in [4.78, 5) is 10.5. The van der Waals surface area contributed by atoms with Crippen molar-refractivity contribution in [1.82, 2.24) is 5.32 Å². The summed E-state index contributed by atoms with van der Waals surface area (Å²) in [5, 5.41) is 2.81. The fourth-order valence-electron chi connectivity index (χ4n) is 1.09. The first kappa shape index (κ1) is 13.2. The molecule has 2 nitrogen and oxygen atoms in total. The van der Waals surface area contributed by atoms with E-state index < -0.39 is 0 Å². The van der Waals surface area contributed by atoms with Crippen LogP contribution >= 0.6 is 22.6 Å². The summed E-state index contributed by atoms with van der Waals surface area (Å²) in [5.74, 6) is 0.869. The molecule has 0 aliphatic carbocycles. The first-order valence-electron chi connectivity index (χ1n) is 4.92. The van der Waals surface area contributed by atoms with E-state index in [0.29, 0.717) is 0 Å². The van der Waals surface area contributed by atoms with Crippen LogP contribution in [0, 0.1) is 5.92 Å². The van der Waals surface area contributed by atoms with Crippen molar-refractivity contribution in [2.24, 2.45) is 5.92 Å². The Morgan fingerprint density at radius 1 is 1.38 bits per heavy atom. The van der Waals surface area contributed by atoms with Crippen molar-refractivity contribution in [2.45, 2.75) is 44.0 Å². The first-order valence-corrected chi connectivity index (χ1v) is 6.17. The highest BCUT2D eigenvalue weighted by atomic mass is 127. The van der Waals surface area contributed by atoms with Crippen molar-refractivity contribution in [2.75, 3.05) is 6.54 Å². The minimum absolute atomic E-state index is 0.0790. The van der Waals surface area contributed by atoms with Gasteiger partial charge in [-0.05, 0) is 18.8 Å². The zero-order chi connectivity index (χ0) is 10.3. The Morgan fingerprint density at radius 2 is 2.00 bits per heavy atom. The molecule has 1 N–H and O–H groups in total. The lowest BCUT2D eigenvalue weighted by molar-refractivity contribution is -0.118. The van der Waals surface area contributed by atoms with E-state index in [1.165, 1.54) is 12.8 Å². The lowest BCUT2D eigenvalue weighted by atomic mass is 10.0. The van der Waals surface area contributed by atoms with Gasteiger partial charge in [0.25, 0.3) is 0 Å². The van der Waals surface area contributed by atoms with Gasteiger partial charge in [0.15, 0.2) is 0 Å². The van der Waals surface area contributed by atoms with E-state index >= 15 is 0 Å². The number of amides is 1. The third-order valence-electron chi connectivity index (χ3n) is 2.24. The molecule has 0 aliphatic rings. The summed E-state index contributed by atoms with van der Waals surface area (Å²) in [7, 11) is 0. The second-order valence-corrected chi connectivity index (χ2v) is 5.60. The number of nitrogens with one attached hydrogen (secondary N) is 1. The van der Waals surface area contributed by atoms with E-state index in [2.05, 4.69) is 41.8 Å². The normalized spacial score (nSPS) is 15.1. The molecule has 0 aromatic heterocycles. The van der Waals surface area contributed by atoms with Crippen molar-refractivity contribution in [3.8, 4) is 0 Å². The molecule has 0 fully saturated rings. The Kier molecular flexibility index (Phi) is 7.71. The third kappa shape index (κ3) is 8.53. The van der Waals surface area contributed by atoms with E-state index in [0.717, 1.165) is 22.8 Å². The van der Waals surface area contributed by atoms with Gasteiger partial charge in [0, 0.05) is 17.4 Å². The molecular weight excluding hydrogens is 277 g/mol. The molecule has 3 heteroatoms. The maximum absolute atomic E-state index is 10.5. The highest BCUT2D eigenvalue weighted by Gasteiger charge is 2.07. The van der Waals surface area contributed by atoms with Gasteiger partial charge in [0.1, 0.15) is 0 Å². The Hall–Kier alpha value is 0.200. The predicted molar refractivity (Wildman–Crippen MR) is 65.2 cm³/mol. The van der Waals surface area contributed by atoms with Crippen LogP contribution in [0.1, 0.15) is 40.0 Å². The highest BCUT2D eigenvalue weighted by molar-refractivity contribution is 14.1. The zero-order valence-corrected chi connectivity index (χ0v) is 10.9. The summed E-state index contributed by atoms with van der Waals surface area (Å²) in [6.45, 7) is 6.93. The Morgan fingerprint density at radius 3 is 2.46 bits per heavy atom. The van der Waals surface area contributed by atoms with E-state index in [1.807, 2.05) is 0 Å². The average molecular weight is 297 g/mol. The van der Waals surface area contributed by atoms with Crippen LogP contribution in [-0.4, -0.2) is 16.4 Å². The minimum atomic E-state index is 0.0790. The van der Waals surface area contributed by atoms with Gasteiger partial charge in [0.2, 0.25) is 5.91 Å². The summed E-state index contributed by atoms with van der Waals surface area (Å²) in [6, 6.07) is 0. The third-order valence-corrected chi connectivity index (χ3v) is 3.47. The number of alkyl halides is 1. The summed E-state index contributed by atoms with van der Waals surface area (Å²) in [5.41, 5.74) is 0. The molecule has 0 aromatic rings. The second-order valence-electron chi connectivity index (χ2n) is 3.63. The zero-order valence-electron chi connectivity index (χ0n) is 8.77. The van der Waals surface area contributed by atoms with Gasteiger partial charge in [-0.15, -0.1) is 0 Å². The van der Waals surface area contributed by atoms with Gasteiger partial charge < -0.3 is 5.32 Å². The molecule has 1 unspecified atom stereocenters. The number of hydrogen-bond donors (Lipinski definition) is 1. The van der Waals surface area contributed by atoms with Crippen LogP contribution in [0.25, 0.3) is 0 Å². The monoisotopic (exact) mass is 297 g/mol. The molecular formula is C10H20INO. The molecule has 13 heavy (non-hydrogen) atoms. The number of carbonyl (C=O) groups is 1. The topological polar surface area (TPSA) is 29.1 Å². The molecule has 0 saturated heterocycles. The molecule has 0 radical (unpaired) electrons. The Bertz CT molecular complexity index is 148. The van der Waals surface area contributed by atoms with Crippen LogP contribution in [0.5, 0.6) is 0 Å². The maximum atomic E-state index is 10.5. The first-order chi connectivity index (χ1) is 6.04. The fourth-order valence-corrected chi connectivity index (χ4v) is 1.44. The van der Waals surface area contributed by atoms with Gasteiger partial charge in [-0.2, -0.15) is 0 Å². The standard InChI is InChI=1S/C10H20INO/c1-8(9(2)11)6-4-5-7-12-10(3)13/h8-9H,4-7H2,1-3H3,(H,12,13)/t8-,9?/m0/s1. The van der Waals surface area contributed by atoms with Crippen LogP contribution in [0.15, 0.2) is 0 Å². The smallest absolute Gasteiger partial charge is 0.216 e. The van der Waals surface area contributed by atoms with Gasteiger partial charge in [0.05, 0.1) is 0 Å². The molecule has 1 amide bonds.